The highest BCUT2D eigenvalue weighted by Gasteiger charge is 2.30. The summed E-state index contributed by atoms with van der Waals surface area (Å²) in [5.41, 5.74) is 5.19. The summed E-state index contributed by atoms with van der Waals surface area (Å²) >= 11 is 0. The highest BCUT2D eigenvalue weighted by Crippen LogP contribution is 2.34. The minimum absolute atomic E-state index is 0.330. The van der Waals surface area contributed by atoms with Gasteiger partial charge in [0.1, 0.15) is 0 Å². The summed E-state index contributed by atoms with van der Waals surface area (Å²) in [5.74, 6) is 0.564. The van der Waals surface area contributed by atoms with E-state index in [1.165, 1.54) is 12.8 Å². The zero-order valence-corrected chi connectivity index (χ0v) is 8.05. The monoisotopic (exact) mass is 171 g/mol. The maximum absolute atomic E-state index is 9.99. The summed E-state index contributed by atoms with van der Waals surface area (Å²) < 4.78 is 0. The highest BCUT2D eigenvalue weighted by molar-refractivity contribution is 4.84. The van der Waals surface area contributed by atoms with Gasteiger partial charge in [0.05, 0.1) is 5.60 Å². The van der Waals surface area contributed by atoms with Crippen molar-refractivity contribution in [2.24, 2.45) is 11.7 Å². The Morgan fingerprint density at radius 2 is 2.00 bits per heavy atom. The molecule has 0 saturated heterocycles. The van der Waals surface area contributed by atoms with Gasteiger partial charge in [0.15, 0.2) is 0 Å². The zero-order chi connectivity index (χ0) is 9.03. The van der Waals surface area contributed by atoms with Gasteiger partial charge in [-0.15, -0.1) is 0 Å². The van der Waals surface area contributed by atoms with Crippen LogP contribution in [0.5, 0.6) is 0 Å². The largest absolute Gasteiger partial charge is 0.390 e. The molecule has 72 valence electrons. The van der Waals surface area contributed by atoms with E-state index in [0.29, 0.717) is 5.92 Å². The summed E-state index contributed by atoms with van der Waals surface area (Å²) in [4.78, 5) is 0. The van der Waals surface area contributed by atoms with Gasteiger partial charge in [0, 0.05) is 0 Å². The van der Waals surface area contributed by atoms with Crippen LogP contribution in [0.3, 0.4) is 0 Å². The van der Waals surface area contributed by atoms with E-state index in [1.807, 2.05) is 0 Å². The Labute approximate surface area is 75.2 Å². The van der Waals surface area contributed by atoms with Crippen LogP contribution in [0.4, 0.5) is 0 Å². The lowest BCUT2D eigenvalue weighted by atomic mass is 9.92. The molecular formula is C10H21NO. The quantitative estimate of drug-likeness (QED) is 0.676. The fourth-order valence-corrected chi connectivity index (χ4v) is 1.92. The second kappa shape index (κ2) is 4.24. The fraction of sp³-hybridized carbons (Fsp3) is 1.00. The van der Waals surface area contributed by atoms with Crippen LogP contribution in [0, 0.1) is 5.92 Å². The van der Waals surface area contributed by atoms with E-state index in [9.17, 15) is 5.11 Å². The Kier molecular flexibility index (Phi) is 3.53. The average molecular weight is 171 g/mol. The third-order valence-electron chi connectivity index (χ3n) is 3.04. The molecule has 2 nitrogen and oxygen atoms in total. The second-order valence-corrected chi connectivity index (χ2v) is 4.31. The van der Waals surface area contributed by atoms with Crippen LogP contribution in [0.15, 0.2) is 0 Å². The van der Waals surface area contributed by atoms with Gasteiger partial charge in [-0.1, -0.05) is 19.8 Å². The normalized spacial score (nSPS) is 24.2. The molecule has 0 radical (unpaired) electrons. The van der Waals surface area contributed by atoms with Gasteiger partial charge in [0.2, 0.25) is 0 Å². The summed E-state index contributed by atoms with van der Waals surface area (Å²) in [6, 6.07) is 0. The Morgan fingerprint density at radius 1 is 1.42 bits per heavy atom. The van der Waals surface area contributed by atoms with Crippen molar-refractivity contribution in [1.82, 2.24) is 0 Å². The summed E-state index contributed by atoms with van der Waals surface area (Å²) in [6.45, 7) is 2.90. The maximum Gasteiger partial charge on any atom is 0.0648 e. The van der Waals surface area contributed by atoms with Crippen LogP contribution in [0.25, 0.3) is 0 Å². The van der Waals surface area contributed by atoms with Gasteiger partial charge in [-0.05, 0) is 38.1 Å². The molecule has 0 aromatic rings. The van der Waals surface area contributed by atoms with Crippen molar-refractivity contribution in [2.45, 2.75) is 51.0 Å². The molecule has 1 unspecified atom stereocenters. The second-order valence-electron chi connectivity index (χ2n) is 4.31. The molecule has 0 aromatic carbocycles. The first-order valence-electron chi connectivity index (χ1n) is 5.09. The van der Waals surface area contributed by atoms with Crippen molar-refractivity contribution in [2.75, 3.05) is 6.54 Å². The number of aliphatic hydroxyl groups is 1. The van der Waals surface area contributed by atoms with E-state index in [4.69, 9.17) is 5.73 Å². The molecule has 0 aromatic heterocycles. The first-order chi connectivity index (χ1) is 5.66. The van der Waals surface area contributed by atoms with Crippen molar-refractivity contribution < 1.29 is 5.11 Å². The van der Waals surface area contributed by atoms with Crippen molar-refractivity contribution >= 4 is 0 Å². The van der Waals surface area contributed by atoms with Gasteiger partial charge in [-0.3, -0.25) is 0 Å². The third-order valence-corrected chi connectivity index (χ3v) is 3.04. The van der Waals surface area contributed by atoms with Gasteiger partial charge in [0.25, 0.3) is 0 Å². The topological polar surface area (TPSA) is 46.2 Å². The number of rotatable bonds is 4. The van der Waals surface area contributed by atoms with Crippen LogP contribution in [0.1, 0.15) is 45.4 Å². The number of nitrogens with two attached hydrogens (primary N) is 1. The van der Waals surface area contributed by atoms with Crippen LogP contribution >= 0.6 is 0 Å². The molecule has 0 amide bonds. The predicted octanol–water partition coefficient (Wildman–Crippen LogP) is 1.67. The maximum atomic E-state index is 9.99. The molecule has 1 aliphatic rings. The van der Waals surface area contributed by atoms with E-state index >= 15 is 0 Å². The molecule has 12 heavy (non-hydrogen) atoms. The molecule has 0 spiro atoms. The summed E-state index contributed by atoms with van der Waals surface area (Å²) in [6.07, 6.45) is 6.44. The lowest BCUT2D eigenvalue weighted by Gasteiger charge is -2.23. The molecule has 0 heterocycles. The van der Waals surface area contributed by atoms with E-state index in [-0.39, 0.29) is 5.60 Å². The third kappa shape index (κ3) is 2.76. The summed E-state index contributed by atoms with van der Waals surface area (Å²) in [7, 11) is 0. The first kappa shape index (κ1) is 10.0. The summed E-state index contributed by atoms with van der Waals surface area (Å²) in [5, 5.41) is 9.99. The zero-order valence-electron chi connectivity index (χ0n) is 8.05. The molecule has 0 aliphatic heterocycles. The molecule has 0 bridgehead atoms. The van der Waals surface area contributed by atoms with Crippen molar-refractivity contribution in [3.8, 4) is 0 Å². The Morgan fingerprint density at radius 3 is 2.50 bits per heavy atom. The Hall–Kier alpha value is -0.0800. The first-order valence-corrected chi connectivity index (χ1v) is 5.09. The van der Waals surface area contributed by atoms with Crippen molar-refractivity contribution in [1.29, 1.82) is 0 Å². The molecule has 1 rings (SSSR count). The van der Waals surface area contributed by atoms with Crippen molar-refractivity contribution in [3.05, 3.63) is 0 Å². The van der Waals surface area contributed by atoms with Gasteiger partial charge < -0.3 is 10.8 Å². The van der Waals surface area contributed by atoms with Gasteiger partial charge in [-0.25, -0.2) is 0 Å². The van der Waals surface area contributed by atoms with E-state index < -0.39 is 0 Å². The molecule has 1 saturated carbocycles. The molecule has 1 atom stereocenters. The van der Waals surface area contributed by atoms with Crippen LogP contribution < -0.4 is 5.73 Å². The van der Waals surface area contributed by atoms with Gasteiger partial charge in [-0.2, -0.15) is 0 Å². The molecule has 1 aliphatic carbocycles. The molecule has 2 heteroatoms. The number of hydrogen-bond donors (Lipinski definition) is 2. The molecule has 3 N–H and O–H groups in total. The lowest BCUT2D eigenvalue weighted by Crippen LogP contribution is -2.25. The van der Waals surface area contributed by atoms with Crippen LogP contribution in [-0.4, -0.2) is 17.3 Å². The smallest absolute Gasteiger partial charge is 0.0648 e. The fourth-order valence-electron chi connectivity index (χ4n) is 1.92. The van der Waals surface area contributed by atoms with Gasteiger partial charge >= 0.3 is 0 Å². The standard InChI is InChI=1S/C10H21NO/c1-9(8-11)4-7-10(12)5-2-3-6-10/h9,12H,2-8,11H2,1H3. The molecule has 1 fully saturated rings. The van der Waals surface area contributed by atoms with E-state index in [2.05, 4.69) is 6.92 Å². The van der Waals surface area contributed by atoms with Crippen LogP contribution in [0.2, 0.25) is 0 Å². The predicted molar refractivity (Wildman–Crippen MR) is 50.9 cm³/mol. The Balaban J connectivity index is 2.21. The van der Waals surface area contributed by atoms with Crippen molar-refractivity contribution in [3.63, 3.8) is 0 Å². The Bertz CT molecular complexity index is 130. The lowest BCUT2D eigenvalue weighted by molar-refractivity contribution is 0.0332. The average Bonchev–Trinajstić information content (AvgIpc) is 2.49. The van der Waals surface area contributed by atoms with E-state index in [0.717, 1.165) is 32.2 Å². The highest BCUT2D eigenvalue weighted by atomic mass is 16.3. The number of hydrogen-bond acceptors (Lipinski definition) is 2. The SMILES string of the molecule is CC(CN)CCC1(O)CCCC1. The minimum Gasteiger partial charge on any atom is -0.390 e. The molecular weight excluding hydrogens is 150 g/mol. The minimum atomic E-state index is -0.330. The van der Waals surface area contributed by atoms with Crippen LogP contribution in [-0.2, 0) is 0 Å². The van der Waals surface area contributed by atoms with E-state index in [1.54, 1.807) is 0 Å².